The van der Waals surface area contributed by atoms with Gasteiger partial charge in [-0.15, -0.1) is 0 Å². The lowest BCUT2D eigenvalue weighted by molar-refractivity contribution is 0.0746. The summed E-state index contributed by atoms with van der Waals surface area (Å²) in [5.74, 6) is 1.33. The van der Waals surface area contributed by atoms with Crippen LogP contribution in [0.3, 0.4) is 0 Å². The minimum atomic E-state index is 0.0278. The van der Waals surface area contributed by atoms with E-state index in [4.69, 9.17) is 0 Å². The molecule has 1 N–H and O–H groups in total. The van der Waals surface area contributed by atoms with Gasteiger partial charge in [-0.3, -0.25) is 4.79 Å². The third-order valence-corrected chi connectivity index (χ3v) is 3.86. The third kappa shape index (κ3) is 2.83. The molecule has 1 aliphatic carbocycles. The van der Waals surface area contributed by atoms with Crippen molar-refractivity contribution in [1.29, 1.82) is 0 Å². The van der Waals surface area contributed by atoms with E-state index in [1.807, 2.05) is 13.1 Å². The Balaban J connectivity index is 2.13. The molecule has 1 amide bonds. The summed E-state index contributed by atoms with van der Waals surface area (Å²) in [6.45, 7) is 0.842. The van der Waals surface area contributed by atoms with E-state index in [-0.39, 0.29) is 5.91 Å². The first-order valence-corrected chi connectivity index (χ1v) is 7.00. The van der Waals surface area contributed by atoms with Crippen LogP contribution in [0.5, 0.6) is 0 Å². The van der Waals surface area contributed by atoms with E-state index in [9.17, 15) is 4.79 Å². The average molecular weight is 312 g/mol. The molecule has 1 aromatic rings. The van der Waals surface area contributed by atoms with Crippen LogP contribution in [-0.2, 0) is 0 Å². The monoisotopic (exact) mass is 311 g/mol. The van der Waals surface area contributed by atoms with Crippen LogP contribution in [0.1, 0.15) is 29.6 Å². The third-order valence-electron chi connectivity index (χ3n) is 3.43. The number of nitrogens with zero attached hydrogens (tertiary/aromatic N) is 2. The molecule has 18 heavy (non-hydrogen) atoms. The molecule has 4 nitrogen and oxygen atoms in total. The van der Waals surface area contributed by atoms with Gasteiger partial charge in [0.25, 0.3) is 5.91 Å². The van der Waals surface area contributed by atoms with Crippen LogP contribution in [-0.4, -0.2) is 36.4 Å². The van der Waals surface area contributed by atoms with Crippen molar-refractivity contribution in [3.8, 4) is 0 Å². The Labute approximate surface area is 116 Å². The Morgan fingerprint density at radius 2 is 2.33 bits per heavy atom. The quantitative estimate of drug-likeness (QED) is 0.930. The first-order valence-electron chi connectivity index (χ1n) is 6.20. The lowest BCUT2D eigenvalue weighted by Crippen LogP contribution is -2.34. The topological polar surface area (TPSA) is 45.2 Å². The Kier molecular flexibility index (Phi) is 4.22. The molecule has 2 rings (SSSR count). The van der Waals surface area contributed by atoms with Gasteiger partial charge in [0.15, 0.2) is 0 Å². The van der Waals surface area contributed by atoms with Gasteiger partial charge in [0.05, 0.1) is 5.56 Å². The summed E-state index contributed by atoms with van der Waals surface area (Å²) in [6.07, 6.45) is 5.47. The number of rotatable bonds is 4. The summed E-state index contributed by atoms with van der Waals surface area (Å²) in [7, 11) is 3.64. The number of hydrogen-bond donors (Lipinski definition) is 1. The maximum Gasteiger partial charge on any atom is 0.257 e. The molecule has 1 fully saturated rings. The van der Waals surface area contributed by atoms with Crippen LogP contribution < -0.4 is 5.32 Å². The first-order chi connectivity index (χ1) is 8.61. The Morgan fingerprint density at radius 1 is 1.61 bits per heavy atom. The van der Waals surface area contributed by atoms with E-state index in [1.165, 1.54) is 19.3 Å². The highest BCUT2D eigenvalue weighted by molar-refractivity contribution is 9.10. The normalized spacial score (nSPS) is 15.1. The van der Waals surface area contributed by atoms with E-state index in [0.717, 1.165) is 11.0 Å². The molecule has 0 saturated heterocycles. The zero-order chi connectivity index (χ0) is 13.1. The van der Waals surface area contributed by atoms with Crippen molar-refractivity contribution >= 4 is 27.7 Å². The van der Waals surface area contributed by atoms with Crippen LogP contribution in [0.4, 0.5) is 5.82 Å². The van der Waals surface area contributed by atoms with Crippen LogP contribution in [0, 0.1) is 5.92 Å². The van der Waals surface area contributed by atoms with Crippen molar-refractivity contribution < 1.29 is 4.79 Å². The highest BCUT2D eigenvalue weighted by Gasteiger charge is 2.23. The summed E-state index contributed by atoms with van der Waals surface area (Å²) < 4.78 is 0.821. The Hall–Kier alpha value is -1.10. The lowest BCUT2D eigenvalue weighted by atomic mass is 9.85. The maximum atomic E-state index is 12.4. The second-order valence-electron chi connectivity index (χ2n) is 4.78. The number of anilines is 1. The summed E-state index contributed by atoms with van der Waals surface area (Å²) in [6, 6.07) is 1.82. The number of nitrogens with one attached hydrogen (secondary N) is 1. The van der Waals surface area contributed by atoms with Crippen molar-refractivity contribution in [3.63, 3.8) is 0 Å². The van der Waals surface area contributed by atoms with Gasteiger partial charge < -0.3 is 10.2 Å². The predicted molar refractivity (Wildman–Crippen MR) is 75.8 cm³/mol. The highest BCUT2D eigenvalue weighted by atomic mass is 79.9. The van der Waals surface area contributed by atoms with Gasteiger partial charge in [-0.05, 0) is 40.8 Å². The van der Waals surface area contributed by atoms with Gasteiger partial charge in [0.1, 0.15) is 5.82 Å². The van der Waals surface area contributed by atoms with E-state index in [1.54, 1.807) is 18.1 Å². The van der Waals surface area contributed by atoms with Crippen LogP contribution in [0.25, 0.3) is 0 Å². The lowest BCUT2D eigenvalue weighted by Gasteiger charge is -2.30. The second-order valence-corrected chi connectivity index (χ2v) is 5.70. The predicted octanol–water partition coefficient (Wildman–Crippen LogP) is 2.76. The molecule has 98 valence electrons. The van der Waals surface area contributed by atoms with Crippen molar-refractivity contribution in [2.45, 2.75) is 19.3 Å². The van der Waals surface area contributed by atoms with Gasteiger partial charge in [-0.2, -0.15) is 0 Å². The van der Waals surface area contributed by atoms with E-state index in [2.05, 4.69) is 26.2 Å². The fourth-order valence-electron chi connectivity index (χ4n) is 2.15. The molecule has 1 heterocycles. The molecule has 0 aliphatic heterocycles. The number of hydrogen-bond acceptors (Lipinski definition) is 3. The zero-order valence-corrected chi connectivity index (χ0v) is 12.3. The molecule has 1 saturated carbocycles. The number of halogens is 1. The average Bonchev–Trinajstić information content (AvgIpc) is 2.32. The number of amides is 1. The summed E-state index contributed by atoms with van der Waals surface area (Å²) in [5, 5.41) is 2.96. The van der Waals surface area contributed by atoms with Gasteiger partial charge in [-0.25, -0.2) is 4.98 Å². The molecule has 1 aromatic heterocycles. The van der Waals surface area contributed by atoms with Crippen LogP contribution in [0.15, 0.2) is 16.7 Å². The largest absolute Gasteiger partial charge is 0.372 e. The minimum absolute atomic E-state index is 0.0278. The number of pyridine rings is 1. The summed E-state index contributed by atoms with van der Waals surface area (Å²) in [4.78, 5) is 18.4. The molecule has 1 aliphatic rings. The van der Waals surface area contributed by atoms with Gasteiger partial charge >= 0.3 is 0 Å². The summed E-state index contributed by atoms with van der Waals surface area (Å²) >= 11 is 3.36. The minimum Gasteiger partial charge on any atom is -0.372 e. The molecule has 0 aromatic carbocycles. The molecular weight excluding hydrogens is 294 g/mol. The first kappa shape index (κ1) is 13.3. The fraction of sp³-hybridized carbons (Fsp3) is 0.538. The van der Waals surface area contributed by atoms with E-state index < -0.39 is 0 Å². The fourth-order valence-corrected chi connectivity index (χ4v) is 2.48. The van der Waals surface area contributed by atoms with Crippen LogP contribution in [0.2, 0.25) is 0 Å². The van der Waals surface area contributed by atoms with Crippen LogP contribution >= 0.6 is 15.9 Å². The highest BCUT2D eigenvalue weighted by Crippen LogP contribution is 2.27. The molecular formula is C13H18BrN3O. The Morgan fingerprint density at radius 3 is 2.89 bits per heavy atom. The molecule has 0 unspecified atom stereocenters. The number of carbonyl (C=O) groups excluding carboxylic acids is 1. The number of carbonyl (C=O) groups is 1. The zero-order valence-electron chi connectivity index (χ0n) is 10.7. The standard InChI is InChI=1S/C13H18BrN3O/c1-15-12-11(6-10(14)7-16-12)13(18)17(2)8-9-4-3-5-9/h6-7,9H,3-5,8H2,1-2H3,(H,15,16). The van der Waals surface area contributed by atoms with Gasteiger partial charge in [0, 0.05) is 31.3 Å². The summed E-state index contributed by atoms with van der Waals surface area (Å²) in [5.41, 5.74) is 0.619. The van der Waals surface area contributed by atoms with Gasteiger partial charge in [0.2, 0.25) is 0 Å². The maximum absolute atomic E-state index is 12.4. The van der Waals surface area contributed by atoms with Gasteiger partial charge in [-0.1, -0.05) is 6.42 Å². The van der Waals surface area contributed by atoms with Crippen molar-refractivity contribution in [3.05, 3.63) is 22.3 Å². The molecule has 5 heteroatoms. The van der Waals surface area contributed by atoms with Crippen molar-refractivity contribution in [2.75, 3.05) is 26.0 Å². The second kappa shape index (κ2) is 5.69. The van der Waals surface area contributed by atoms with E-state index in [0.29, 0.717) is 17.3 Å². The number of aromatic nitrogens is 1. The SMILES string of the molecule is CNc1ncc(Br)cc1C(=O)N(C)CC1CCC1. The molecule has 0 bridgehead atoms. The van der Waals surface area contributed by atoms with Crippen molar-refractivity contribution in [1.82, 2.24) is 9.88 Å². The Bertz CT molecular complexity index is 446. The van der Waals surface area contributed by atoms with Crippen molar-refractivity contribution in [2.24, 2.45) is 5.92 Å². The molecule has 0 radical (unpaired) electrons. The molecule has 0 atom stereocenters. The molecule has 0 spiro atoms. The van der Waals surface area contributed by atoms with E-state index >= 15 is 0 Å². The smallest absolute Gasteiger partial charge is 0.257 e.